The van der Waals surface area contributed by atoms with Crippen LogP contribution in [0.15, 0.2) is 46.9 Å². The van der Waals surface area contributed by atoms with Crippen molar-refractivity contribution in [3.8, 4) is 0 Å². The molecule has 0 aliphatic carbocycles. The topological polar surface area (TPSA) is 20.2 Å². The first-order valence-electron chi connectivity index (χ1n) is 6.38. The van der Waals surface area contributed by atoms with Crippen molar-refractivity contribution in [1.29, 1.82) is 0 Å². The Balaban J connectivity index is 2.09. The first kappa shape index (κ1) is 15.5. The Labute approximate surface area is 131 Å². The molecule has 0 spiro atoms. The fraction of sp³-hybridized carbons (Fsp3) is 0.250. The summed E-state index contributed by atoms with van der Waals surface area (Å²) in [6.07, 6.45) is 1.38. The number of benzene rings is 2. The molecule has 0 amide bonds. The molecule has 0 fully saturated rings. The highest BCUT2D eigenvalue weighted by atomic mass is 79.9. The van der Waals surface area contributed by atoms with Crippen LogP contribution in [0, 0.1) is 11.7 Å². The molecule has 2 rings (SSSR count). The van der Waals surface area contributed by atoms with Gasteiger partial charge in [-0.15, -0.1) is 0 Å². The van der Waals surface area contributed by atoms with Crippen molar-refractivity contribution in [2.24, 2.45) is 5.92 Å². The molecule has 1 unspecified atom stereocenters. The van der Waals surface area contributed by atoms with Gasteiger partial charge in [0.1, 0.15) is 5.82 Å². The van der Waals surface area contributed by atoms with Gasteiger partial charge in [-0.1, -0.05) is 35.9 Å². The number of aliphatic hydroxyl groups is 1. The van der Waals surface area contributed by atoms with Gasteiger partial charge in [-0.2, -0.15) is 0 Å². The van der Waals surface area contributed by atoms with Gasteiger partial charge in [0.05, 0.1) is 4.47 Å². The van der Waals surface area contributed by atoms with Crippen LogP contribution in [0.4, 0.5) is 4.39 Å². The maximum atomic E-state index is 13.2. The minimum absolute atomic E-state index is 0.0623. The Hall–Kier alpha value is -0.900. The molecule has 0 saturated carbocycles. The lowest BCUT2D eigenvalue weighted by Crippen LogP contribution is -2.13. The van der Waals surface area contributed by atoms with E-state index in [2.05, 4.69) is 15.9 Å². The molecule has 0 saturated heterocycles. The largest absolute Gasteiger partial charge is 0.396 e. The maximum absolute atomic E-state index is 13.2. The summed E-state index contributed by atoms with van der Waals surface area (Å²) in [6.45, 7) is 0.0697. The van der Waals surface area contributed by atoms with E-state index in [0.717, 1.165) is 11.1 Å². The van der Waals surface area contributed by atoms with Gasteiger partial charge in [-0.3, -0.25) is 0 Å². The van der Waals surface area contributed by atoms with E-state index in [-0.39, 0.29) is 18.3 Å². The minimum Gasteiger partial charge on any atom is -0.396 e. The molecule has 106 valence electrons. The van der Waals surface area contributed by atoms with Crippen molar-refractivity contribution in [2.45, 2.75) is 12.8 Å². The second kappa shape index (κ2) is 7.21. The third-order valence-electron chi connectivity index (χ3n) is 3.23. The predicted octanol–water partition coefficient (Wildman–Crippen LogP) is 4.64. The first-order valence-corrected chi connectivity index (χ1v) is 7.55. The summed E-state index contributed by atoms with van der Waals surface area (Å²) in [7, 11) is 0. The summed E-state index contributed by atoms with van der Waals surface area (Å²) in [5, 5.41) is 10.2. The van der Waals surface area contributed by atoms with Crippen LogP contribution in [0.3, 0.4) is 0 Å². The van der Waals surface area contributed by atoms with Gasteiger partial charge >= 0.3 is 0 Å². The van der Waals surface area contributed by atoms with Crippen LogP contribution in [0.1, 0.15) is 11.1 Å². The Morgan fingerprint density at radius 1 is 1.15 bits per heavy atom. The maximum Gasteiger partial charge on any atom is 0.137 e. The fourth-order valence-corrected chi connectivity index (χ4v) is 2.82. The van der Waals surface area contributed by atoms with Crippen molar-refractivity contribution in [3.63, 3.8) is 0 Å². The van der Waals surface area contributed by atoms with E-state index in [1.807, 2.05) is 24.3 Å². The van der Waals surface area contributed by atoms with Gasteiger partial charge in [0.25, 0.3) is 0 Å². The van der Waals surface area contributed by atoms with Crippen LogP contribution in [0.2, 0.25) is 5.02 Å². The highest BCUT2D eigenvalue weighted by Gasteiger charge is 2.12. The van der Waals surface area contributed by atoms with Crippen LogP contribution in [-0.2, 0) is 12.8 Å². The van der Waals surface area contributed by atoms with E-state index in [9.17, 15) is 9.50 Å². The number of halogens is 3. The van der Waals surface area contributed by atoms with Gasteiger partial charge in [0.15, 0.2) is 0 Å². The van der Waals surface area contributed by atoms with Gasteiger partial charge in [0, 0.05) is 11.6 Å². The monoisotopic (exact) mass is 356 g/mol. The highest BCUT2D eigenvalue weighted by Crippen LogP contribution is 2.23. The molecule has 0 aliphatic rings. The Kier molecular flexibility index (Phi) is 5.58. The van der Waals surface area contributed by atoms with Gasteiger partial charge < -0.3 is 5.11 Å². The average Bonchev–Trinajstić information content (AvgIpc) is 2.44. The van der Waals surface area contributed by atoms with E-state index in [4.69, 9.17) is 11.6 Å². The zero-order valence-corrected chi connectivity index (χ0v) is 13.2. The number of hydrogen-bond acceptors (Lipinski definition) is 1. The molecule has 0 bridgehead atoms. The summed E-state index contributed by atoms with van der Waals surface area (Å²) in [5.41, 5.74) is 2.01. The molecule has 2 aromatic rings. The van der Waals surface area contributed by atoms with Crippen molar-refractivity contribution in [2.75, 3.05) is 6.61 Å². The van der Waals surface area contributed by atoms with Gasteiger partial charge in [-0.25, -0.2) is 4.39 Å². The summed E-state index contributed by atoms with van der Waals surface area (Å²) in [6, 6.07) is 12.6. The van der Waals surface area contributed by atoms with E-state index in [1.54, 1.807) is 12.1 Å². The van der Waals surface area contributed by atoms with Gasteiger partial charge in [0.2, 0.25) is 0 Å². The fourth-order valence-electron chi connectivity index (χ4n) is 2.18. The molecular weight excluding hydrogens is 343 g/mol. The molecule has 0 radical (unpaired) electrons. The molecule has 2 aromatic carbocycles. The van der Waals surface area contributed by atoms with E-state index in [0.29, 0.717) is 22.3 Å². The predicted molar refractivity (Wildman–Crippen MR) is 83.5 cm³/mol. The highest BCUT2D eigenvalue weighted by molar-refractivity contribution is 9.10. The van der Waals surface area contributed by atoms with Crippen LogP contribution >= 0.6 is 27.5 Å². The first-order chi connectivity index (χ1) is 9.60. The molecule has 0 aromatic heterocycles. The van der Waals surface area contributed by atoms with E-state index < -0.39 is 0 Å². The molecule has 1 nitrogen and oxygen atoms in total. The lowest BCUT2D eigenvalue weighted by molar-refractivity contribution is 0.225. The van der Waals surface area contributed by atoms with Crippen LogP contribution in [0.25, 0.3) is 0 Å². The third kappa shape index (κ3) is 4.05. The average molecular weight is 358 g/mol. The zero-order valence-electron chi connectivity index (χ0n) is 10.8. The SMILES string of the molecule is OCC(Cc1ccc(F)c(Br)c1)Cc1ccccc1Cl. The Bertz CT molecular complexity index is 588. The summed E-state index contributed by atoms with van der Waals surface area (Å²) in [4.78, 5) is 0. The quantitative estimate of drug-likeness (QED) is 0.827. The molecule has 20 heavy (non-hydrogen) atoms. The molecular formula is C16H15BrClFO. The third-order valence-corrected chi connectivity index (χ3v) is 4.21. The second-order valence-electron chi connectivity index (χ2n) is 4.80. The van der Waals surface area contributed by atoms with Crippen molar-refractivity contribution in [3.05, 3.63) is 68.9 Å². The molecule has 0 aliphatic heterocycles. The van der Waals surface area contributed by atoms with E-state index >= 15 is 0 Å². The van der Waals surface area contributed by atoms with Crippen molar-refractivity contribution < 1.29 is 9.50 Å². The normalized spacial score (nSPS) is 12.4. The number of aliphatic hydroxyl groups excluding tert-OH is 1. The summed E-state index contributed by atoms with van der Waals surface area (Å²) in [5.74, 6) is -0.215. The van der Waals surface area contributed by atoms with Crippen LogP contribution in [0.5, 0.6) is 0 Å². The lowest BCUT2D eigenvalue weighted by atomic mass is 9.93. The smallest absolute Gasteiger partial charge is 0.137 e. The van der Waals surface area contributed by atoms with Crippen molar-refractivity contribution in [1.82, 2.24) is 0 Å². The number of rotatable bonds is 5. The zero-order chi connectivity index (χ0) is 14.5. The van der Waals surface area contributed by atoms with Gasteiger partial charge in [-0.05, 0) is 64.0 Å². The minimum atomic E-state index is -0.277. The standard InChI is InChI=1S/C16H15BrClFO/c17-14-9-11(5-6-16(14)19)7-12(10-20)8-13-3-1-2-4-15(13)18/h1-6,9,12,20H,7-8,10H2. The lowest BCUT2D eigenvalue weighted by Gasteiger charge is -2.15. The Morgan fingerprint density at radius 3 is 2.55 bits per heavy atom. The summed E-state index contributed by atoms with van der Waals surface area (Å²) < 4.78 is 13.7. The molecule has 1 atom stereocenters. The van der Waals surface area contributed by atoms with Crippen LogP contribution < -0.4 is 0 Å². The Morgan fingerprint density at radius 2 is 1.90 bits per heavy atom. The van der Waals surface area contributed by atoms with Crippen molar-refractivity contribution >= 4 is 27.5 Å². The molecule has 4 heteroatoms. The number of hydrogen-bond donors (Lipinski definition) is 1. The summed E-state index contributed by atoms with van der Waals surface area (Å²) >= 11 is 9.31. The second-order valence-corrected chi connectivity index (χ2v) is 6.06. The van der Waals surface area contributed by atoms with E-state index in [1.165, 1.54) is 6.07 Å². The van der Waals surface area contributed by atoms with Crippen LogP contribution in [-0.4, -0.2) is 11.7 Å². The molecule has 1 N–H and O–H groups in total. The molecule has 0 heterocycles.